The number of aromatic nitrogens is 1. The first-order chi connectivity index (χ1) is 15.5. The molecule has 2 N–H and O–H groups in total. The first kappa shape index (κ1) is 24.2. The number of hydrogen-bond donors (Lipinski definition) is 2. The summed E-state index contributed by atoms with van der Waals surface area (Å²) in [5, 5.41) is 2.68. The van der Waals surface area contributed by atoms with Crippen LogP contribution in [-0.2, 0) is 15.0 Å². The maximum Gasteiger partial charge on any atom is 0.400 e. The van der Waals surface area contributed by atoms with E-state index in [0.29, 0.717) is 11.3 Å². The van der Waals surface area contributed by atoms with Crippen LogP contribution in [0.3, 0.4) is 0 Å². The fraction of sp³-hybridized carbons (Fsp3) is 0.300. The normalized spacial score (nSPS) is 22.8. The third-order valence-electron chi connectivity index (χ3n) is 5.46. The molecule has 2 aliphatic heterocycles. The molecule has 1 amide bonds. The van der Waals surface area contributed by atoms with Crippen LogP contribution in [0.15, 0.2) is 35.5 Å². The molecule has 0 aliphatic carbocycles. The Bertz CT molecular complexity index is 1140. The second-order valence-corrected chi connectivity index (χ2v) is 9.11. The lowest BCUT2D eigenvalue weighted by atomic mass is 9.76. The van der Waals surface area contributed by atoms with Crippen molar-refractivity contribution in [3.63, 3.8) is 0 Å². The Morgan fingerprint density at radius 1 is 1.24 bits per heavy atom. The van der Waals surface area contributed by atoms with E-state index in [0.717, 1.165) is 0 Å². The molecule has 4 rings (SSSR count). The number of rotatable bonds is 4. The molecule has 0 radical (unpaired) electrons. The predicted octanol–water partition coefficient (Wildman–Crippen LogP) is 4.43. The highest BCUT2D eigenvalue weighted by Crippen LogP contribution is 2.49. The number of amides is 1. The van der Waals surface area contributed by atoms with E-state index in [2.05, 4.69) is 20.8 Å². The van der Waals surface area contributed by atoms with Gasteiger partial charge in [0, 0.05) is 23.9 Å². The van der Waals surface area contributed by atoms with Crippen molar-refractivity contribution in [2.75, 3.05) is 13.2 Å². The Labute approximate surface area is 206 Å². The van der Waals surface area contributed by atoms with Gasteiger partial charge < -0.3 is 5.32 Å². The first-order valence-corrected chi connectivity index (χ1v) is 11.0. The lowest BCUT2D eigenvalue weighted by Crippen LogP contribution is -2.43. The molecule has 2 atom stereocenters. The number of pyridine rings is 1. The molecule has 174 valence electrons. The maximum atomic E-state index is 14.3. The largest absolute Gasteiger partial charge is 0.400 e. The highest BCUT2D eigenvalue weighted by Gasteiger charge is 2.58. The lowest BCUT2D eigenvalue weighted by Gasteiger charge is -2.32. The summed E-state index contributed by atoms with van der Waals surface area (Å²) in [5.74, 6) is -0.361. The third-order valence-corrected chi connectivity index (χ3v) is 6.99. The Hall–Kier alpha value is -1.98. The van der Waals surface area contributed by atoms with Crippen LogP contribution in [-0.4, -0.2) is 47.0 Å². The number of thiocarbonyl (C=S) groups is 1. The van der Waals surface area contributed by atoms with Gasteiger partial charge in [-0.05, 0) is 29.8 Å². The molecule has 1 aromatic carbocycles. The summed E-state index contributed by atoms with van der Waals surface area (Å²) in [4.78, 5) is 25.0. The highest BCUT2D eigenvalue weighted by atomic mass is 35.5. The molecule has 1 aromatic heterocycles. The van der Waals surface area contributed by atoms with Gasteiger partial charge in [0.15, 0.2) is 0 Å². The number of benzene rings is 1. The van der Waals surface area contributed by atoms with E-state index in [9.17, 15) is 18.0 Å². The number of carbonyl (C=O) groups excluding carboxylic acids is 1. The molecule has 6 nitrogen and oxygen atoms in total. The molecule has 0 saturated carbocycles. The van der Waals surface area contributed by atoms with Gasteiger partial charge >= 0.3 is 6.18 Å². The van der Waals surface area contributed by atoms with Gasteiger partial charge in [0.2, 0.25) is 0 Å². The van der Waals surface area contributed by atoms with Crippen LogP contribution in [0.1, 0.15) is 23.2 Å². The average Bonchev–Trinajstić information content (AvgIpc) is 3.39. The van der Waals surface area contributed by atoms with Gasteiger partial charge in [-0.25, -0.2) is 5.48 Å². The number of hydroxylamine groups is 1. The van der Waals surface area contributed by atoms with Crippen molar-refractivity contribution in [1.82, 2.24) is 15.8 Å². The van der Waals surface area contributed by atoms with Crippen molar-refractivity contribution in [2.45, 2.75) is 24.1 Å². The van der Waals surface area contributed by atoms with Gasteiger partial charge in [-0.3, -0.25) is 19.6 Å². The molecule has 13 heteroatoms. The number of alkyl halides is 3. The SMILES string of the molecule is O=C1NOCC1NC(=S)c1ccc(C2=NCC(c3cc(Cl)c(Cl)c(Cl)c3)(C(F)(F)F)C2)cn1. The molecule has 3 heterocycles. The van der Waals surface area contributed by atoms with Crippen LogP contribution in [0, 0.1) is 0 Å². The summed E-state index contributed by atoms with van der Waals surface area (Å²) >= 11 is 23.2. The average molecular weight is 538 g/mol. The number of halogens is 6. The quantitative estimate of drug-likeness (QED) is 0.446. The van der Waals surface area contributed by atoms with Crippen molar-refractivity contribution in [3.05, 3.63) is 62.4 Å². The molecule has 1 fully saturated rings. The Kier molecular flexibility index (Phi) is 6.58. The van der Waals surface area contributed by atoms with Crippen molar-refractivity contribution >= 4 is 63.6 Å². The smallest absolute Gasteiger partial charge is 0.361 e. The number of carbonyl (C=O) groups is 1. The van der Waals surface area contributed by atoms with Crippen LogP contribution in [0.25, 0.3) is 0 Å². The van der Waals surface area contributed by atoms with Crippen LogP contribution in [0.5, 0.6) is 0 Å². The summed E-state index contributed by atoms with van der Waals surface area (Å²) in [6.07, 6.45) is -3.66. The zero-order valence-corrected chi connectivity index (χ0v) is 19.6. The molecule has 0 bridgehead atoms. The van der Waals surface area contributed by atoms with Crippen LogP contribution >= 0.6 is 47.0 Å². The number of nitrogens with one attached hydrogen (secondary N) is 2. The first-order valence-electron chi connectivity index (χ1n) is 9.46. The van der Waals surface area contributed by atoms with E-state index in [4.69, 9.17) is 51.9 Å². The van der Waals surface area contributed by atoms with Crippen LogP contribution in [0.4, 0.5) is 13.2 Å². The van der Waals surface area contributed by atoms with Gasteiger partial charge in [-0.1, -0.05) is 47.0 Å². The summed E-state index contributed by atoms with van der Waals surface area (Å²) in [5.41, 5.74) is 0.794. The number of nitrogens with zero attached hydrogens (tertiary/aromatic N) is 2. The summed E-state index contributed by atoms with van der Waals surface area (Å²) < 4.78 is 42.8. The molecule has 0 spiro atoms. The second kappa shape index (κ2) is 8.99. The summed E-state index contributed by atoms with van der Waals surface area (Å²) in [6.45, 7) is -0.426. The minimum atomic E-state index is -4.62. The van der Waals surface area contributed by atoms with E-state index in [1.807, 2.05) is 0 Å². The van der Waals surface area contributed by atoms with Gasteiger partial charge in [0.25, 0.3) is 5.91 Å². The summed E-state index contributed by atoms with van der Waals surface area (Å²) in [6, 6.07) is 4.83. The topological polar surface area (TPSA) is 75.6 Å². The van der Waals surface area contributed by atoms with Crippen LogP contribution in [0.2, 0.25) is 15.1 Å². The lowest BCUT2D eigenvalue weighted by molar-refractivity contribution is -0.183. The fourth-order valence-electron chi connectivity index (χ4n) is 3.58. The van der Waals surface area contributed by atoms with E-state index >= 15 is 0 Å². The van der Waals surface area contributed by atoms with Crippen molar-refractivity contribution in [2.24, 2.45) is 4.99 Å². The minimum Gasteiger partial charge on any atom is -0.361 e. The minimum absolute atomic E-state index is 0.00967. The Morgan fingerprint density at radius 3 is 2.48 bits per heavy atom. The molecule has 33 heavy (non-hydrogen) atoms. The van der Waals surface area contributed by atoms with E-state index < -0.39 is 30.6 Å². The fourth-order valence-corrected chi connectivity index (χ4v) is 4.44. The zero-order chi connectivity index (χ0) is 24.0. The van der Waals surface area contributed by atoms with Gasteiger partial charge in [-0.15, -0.1) is 0 Å². The van der Waals surface area contributed by atoms with Crippen LogP contribution < -0.4 is 10.8 Å². The third kappa shape index (κ3) is 4.54. The van der Waals surface area contributed by atoms with Crippen molar-refractivity contribution < 1.29 is 22.8 Å². The standard InChI is InChI=1S/C20H14Cl3F3N4O2S/c21-11-3-10(4-12(22)16(11)23)19(20(24,25)26)5-14(28-8-19)9-1-2-13(27-6-9)18(33)29-15-7-32-30-17(15)31/h1-4,6,15H,5,7-8H2,(H,29,33)(H,30,31). The second-order valence-electron chi connectivity index (χ2n) is 7.51. The molecular formula is C20H14Cl3F3N4O2S. The molecular weight excluding hydrogens is 524 g/mol. The Balaban J connectivity index is 1.56. The van der Waals surface area contributed by atoms with E-state index in [1.165, 1.54) is 18.3 Å². The maximum absolute atomic E-state index is 14.3. The van der Waals surface area contributed by atoms with Crippen molar-refractivity contribution in [3.8, 4) is 0 Å². The molecule has 2 aromatic rings. The molecule has 2 unspecified atom stereocenters. The van der Waals surface area contributed by atoms with E-state index in [1.54, 1.807) is 12.1 Å². The summed E-state index contributed by atoms with van der Waals surface area (Å²) in [7, 11) is 0. The number of aliphatic imine (C=N–C) groups is 1. The van der Waals surface area contributed by atoms with Gasteiger partial charge in [-0.2, -0.15) is 13.2 Å². The molecule has 1 saturated heterocycles. The number of hydrogen-bond acceptors (Lipinski definition) is 5. The zero-order valence-electron chi connectivity index (χ0n) is 16.5. The van der Waals surface area contributed by atoms with E-state index in [-0.39, 0.29) is 43.8 Å². The van der Waals surface area contributed by atoms with Crippen molar-refractivity contribution in [1.29, 1.82) is 0 Å². The monoisotopic (exact) mass is 536 g/mol. The highest BCUT2D eigenvalue weighted by molar-refractivity contribution is 7.80. The Morgan fingerprint density at radius 2 is 1.94 bits per heavy atom. The molecule has 2 aliphatic rings. The van der Waals surface area contributed by atoms with Gasteiger partial charge in [0.1, 0.15) is 23.1 Å². The van der Waals surface area contributed by atoms with Gasteiger partial charge in [0.05, 0.1) is 27.3 Å². The predicted molar refractivity (Wildman–Crippen MR) is 122 cm³/mol.